The number of amides is 1. The summed E-state index contributed by atoms with van der Waals surface area (Å²) in [5, 5.41) is 15.3. The van der Waals surface area contributed by atoms with Crippen molar-refractivity contribution in [2.45, 2.75) is 32.6 Å². The van der Waals surface area contributed by atoms with Crippen molar-refractivity contribution in [3.63, 3.8) is 0 Å². The highest BCUT2D eigenvalue weighted by Gasteiger charge is 2.22. The average molecular weight is 500 g/mol. The highest BCUT2D eigenvalue weighted by molar-refractivity contribution is 14.0. The number of imidazole rings is 1. The molecule has 1 aromatic heterocycles. The van der Waals surface area contributed by atoms with Gasteiger partial charge in [-0.1, -0.05) is 24.8 Å². The first kappa shape index (κ1) is 21.7. The molecule has 0 saturated heterocycles. The minimum Gasteiger partial charge on any atom is -0.365 e. The number of carbonyl (C=O) groups is 1. The summed E-state index contributed by atoms with van der Waals surface area (Å²) in [4.78, 5) is 19.5. The number of unbranched alkanes of at least 4 members (excludes halogenated alkanes) is 1. The number of rotatable bonds is 6. The van der Waals surface area contributed by atoms with Crippen LogP contribution >= 0.6 is 35.7 Å². The summed E-state index contributed by atoms with van der Waals surface area (Å²) in [5.74, 6) is 1.04. The summed E-state index contributed by atoms with van der Waals surface area (Å²) >= 11 is 1.42. The number of hydrogen-bond donors (Lipinski definition) is 4. The van der Waals surface area contributed by atoms with Gasteiger partial charge in [0.15, 0.2) is 5.17 Å². The van der Waals surface area contributed by atoms with Crippen LogP contribution in [-0.2, 0) is 11.2 Å². The number of hydrogen-bond acceptors (Lipinski definition) is 5. The van der Waals surface area contributed by atoms with Crippen LogP contribution < -0.4 is 10.7 Å². The Morgan fingerprint density at radius 2 is 2.22 bits per heavy atom. The number of aromatic nitrogens is 2. The number of amidine groups is 1. The second kappa shape index (κ2) is 10.1. The molecule has 1 aliphatic heterocycles. The Kier molecular flexibility index (Phi) is 8.08. The third-order valence-corrected chi connectivity index (χ3v) is 4.97. The first-order valence-electron chi connectivity index (χ1n) is 8.78. The van der Waals surface area contributed by atoms with Gasteiger partial charge in [0.1, 0.15) is 5.82 Å². The van der Waals surface area contributed by atoms with E-state index in [9.17, 15) is 4.79 Å². The van der Waals surface area contributed by atoms with Gasteiger partial charge in [0, 0.05) is 30.9 Å². The second-order valence-electron chi connectivity index (χ2n) is 6.47. The van der Waals surface area contributed by atoms with E-state index in [0.717, 1.165) is 53.9 Å². The first-order chi connectivity index (χ1) is 12.6. The molecule has 1 atom stereocenters. The number of halogens is 1. The molecule has 4 N–H and O–H groups in total. The summed E-state index contributed by atoms with van der Waals surface area (Å²) in [7, 11) is 0. The molecule has 1 aliphatic rings. The molecule has 1 unspecified atom stereocenters. The number of nitrogens with one attached hydrogen (secondary N) is 4. The summed E-state index contributed by atoms with van der Waals surface area (Å²) in [6, 6.07) is 6.08. The zero-order chi connectivity index (χ0) is 18.5. The Bertz CT molecular complexity index is 849. The predicted molar refractivity (Wildman–Crippen MR) is 122 cm³/mol. The lowest BCUT2D eigenvalue weighted by atomic mass is 9.94. The van der Waals surface area contributed by atoms with Crippen molar-refractivity contribution in [1.82, 2.24) is 20.7 Å². The Morgan fingerprint density at radius 1 is 1.41 bits per heavy atom. The zero-order valence-corrected chi connectivity index (χ0v) is 18.6. The van der Waals surface area contributed by atoms with Gasteiger partial charge in [-0.25, -0.2) is 10.4 Å². The molecule has 3 rings (SSSR count). The number of aryl methyl sites for hydroxylation is 1. The lowest BCUT2D eigenvalue weighted by Gasteiger charge is -2.18. The third kappa shape index (κ3) is 5.68. The molecular weight excluding hydrogens is 475 g/mol. The first-order valence-corrected chi connectivity index (χ1v) is 10.0. The van der Waals surface area contributed by atoms with Crippen LogP contribution in [0.15, 0.2) is 23.3 Å². The molecule has 146 valence electrons. The van der Waals surface area contributed by atoms with Crippen molar-refractivity contribution >= 4 is 63.6 Å². The van der Waals surface area contributed by atoms with Crippen molar-refractivity contribution in [2.24, 2.45) is 11.0 Å². The van der Waals surface area contributed by atoms with Crippen LogP contribution in [0, 0.1) is 11.3 Å². The standard InChI is InChI=1S/C18H24N6OS.HI/c1-11-9-16(25)23-24-17(11)12-6-7-13-14(10-12)22-15(21-13)5-3-4-8-20-18(19)26-2;/h6-7,10-11H,3-5,8-9H2,1-2H3,(H2,19,20)(H,21,22)(H,23,25);1H. The third-order valence-electron chi connectivity index (χ3n) is 4.42. The van der Waals surface area contributed by atoms with E-state index < -0.39 is 0 Å². The Labute approximate surface area is 180 Å². The number of fused-ring (bicyclic) bond motifs is 1. The van der Waals surface area contributed by atoms with E-state index in [0.29, 0.717) is 11.6 Å². The number of carbonyl (C=O) groups excluding carboxylic acids is 1. The van der Waals surface area contributed by atoms with Crippen LogP contribution in [0.25, 0.3) is 11.0 Å². The largest absolute Gasteiger partial charge is 0.365 e. The highest BCUT2D eigenvalue weighted by Crippen LogP contribution is 2.20. The van der Waals surface area contributed by atoms with Gasteiger partial charge in [-0.3, -0.25) is 10.2 Å². The fourth-order valence-corrected chi connectivity index (χ4v) is 3.28. The normalized spacial score (nSPS) is 16.4. The van der Waals surface area contributed by atoms with Gasteiger partial charge in [-0.15, -0.1) is 24.0 Å². The number of H-pyrrole nitrogens is 1. The van der Waals surface area contributed by atoms with Gasteiger partial charge in [0.25, 0.3) is 0 Å². The second-order valence-corrected chi connectivity index (χ2v) is 7.29. The molecule has 0 spiro atoms. The van der Waals surface area contributed by atoms with E-state index in [4.69, 9.17) is 10.4 Å². The molecule has 0 radical (unpaired) electrons. The van der Waals surface area contributed by atoms with Crippen molar-refractivity contribution in [3.8, 4) is 0 Å². The van der Waals surface area contributed by atoms with E-state index >= 15 is 0 Å². The molecule has 1 aromatic carbocycles. The van der Waals surface area contributed by atoms with E-state index in [-0.39, 0.29) is 35.8 Å². The van der Waals surface area contributed by atoms with Gasteiger partial charge < -0.3 is 10.3 Å². The van der Waals surface area contributed by atoms with Gasteiger partial charge in [0.05, 0.1) is 16.7 Å². The molecular formula is C18H25IN6OS. The van der Waals surface area contributed by atoms with Gasteiger partial charge in [-0.2, -0.15) is 5.10 Å². The zero-order valence-electron chi connectivity index (χ0n) is 15.5. The molecule has 27 heavy (non-hydrogen) atoms. The Balaban J connectivity index is 0.00000261. The summed E-state index contributed by atoms with van der Waals surface area (Å²) < 4.78 is 0. The van der Waals surface area contributed by atoms with Crippen molar-refractivity contribution in [1.29, 1.82) is 5.41 Å². The molecule has 9 heteroatoms. The van der Waals surface area contributed by atoms with Crippen LogP contribution in [-0.4, -0.2) is 39.6 Å². The van der Waals surface area contributed by atoms with Crippen LogP contribution in [0.2, 0.25) is 0 Å². The lowest BCUT2D eigenvalue weighted by Crippen LogP contribution is -2.31. The van der Waals surface area contributed by atoms with Crippen molar-refractivity contribution in [2.75, 3.05) is 12.8 Å². The molecule has 1 amide bonds. The Hall–Kier alpha value is -1.62. The van der Waals surface area contributed by atoms with Gasteiger partial charge in [0.2, 0.25) is 5.91 Å². The van der Waals surface area contributed by atoms with E-state index in [2.05, 4.69) is 20.8 Å². The Morgan fingerprint density at radius 3 is 2.96 bits per heavy atom. The minimum atomic E-state index is -0.0356. The molecule has 2 heterocycles. The number of benzene rings is 1. The minimum absolute atomic E-state index is 0. The molecule has 0 fully saturated rings. The fourth-order valence-electron chi connectivity index (χ4n) is 3.03. The average Bonchev–Trinajstić information content (AvgIpc) is 3.03. The van der Waals surface area contributed by atoms with Gasteiger partial charge >= 0.3 is 0 Å². The number of nitrogens with zero attached hydrogens (tertiary/aromatic N) is 2. The van der Waals surface area contributed by atoms with Crippen LogP contribution in [0.1, 0.15) is 37.6 Å². The molecule has 0 saturated carbocycles. The number of hydrazone groups is 1. The SMILES string of the molecule is CSC(=N)NCCCCc1nc2cc(C3=NNC(=O)CC3C)ccc2[nH]1.I. The van der Waals surface area contributed by atoms with Crippen LogP contribution in [0.3, 0.4) is 0 Å². The monoisotopic (exact) mass is 500 g/mol. The van der Waals surface area contributed by atoms with E-state index in [1.807, 2.05) is 31.4 Å². The van der Waals surface area contributed by atoms with Gasteiger partial charge in [-0.05, 0) is 31.2 Å². The smallest absolute Gasteiger partial charge is 0.240 e. The summed E-state index contributed by atoms with van der Waals surface area (Å²) in [5.41, 5.74) is 6.40. The van der Waals surface area contributed by atoms with E-state index in [1.165, 1.54) is 11.8 Å². The van der Waals surface area contributed by atoms with Crippen molar-refractivity contribution in [3.05, 3.63) is 29.6 Å². The maximum absolute atomic E-state index is 11.4. The number of aromatic amines is 1. The summed E-state index contributed by atoms with van der Waals surface area (Å²) in [6.07, 6.45) is 5.25. The molecule has 2 aromatic rings. The maximum Gasteiger partial charge on any atom is 0.240 e. The number of thioether (sulfide) groups is 1. The quantitative estimate of drug-likeness (QED) is 0.212. The highest BCUT2D eigenvalue weighted by atomic mass is 127. The molecule has 7 nitrogen and oxygen atoms in total. The predicted octanol–water partition coefficient (Wildman–Crippen LogP) is 3.25. The topological polar surface area (TPSA) is 106 Å². The molecule has 0 bridgehead atoms. The fraction of sp³-hybridized carbons (Fsp3) is 0.444. The maximum atomic E-state index is 11.4. The van der Waals surface area contributed by atoms with Crippen LogP contribution in [0.4, 0.5) is 0 Å². The van der Waals surface area contributed by atoms with Crippen LogP contribution in [0.5, 0.6) is 0 Å². The molecule has 0 aliphatic carbocycles. The lowest BCUT2D eigenvalue weighted by molar-refractivity contribution is -0.121. The summed E-state index contributed by atoms with van der Waals surface area (Å²) in [6.45, 7) is 2.83. The van der Waals surface area contributed by atoms with E-state index in [1.54, 1.807) is 0 Å². The van der Waals surface area contributed by atoms with Crippen molar-refractivity contribution < 1.29 is 4.79 Å².